The SMILES string of the molecule is Cc1cc(C)cc(Nc2nc(-c3cccnc3)nc3sc4c(c23)CCC4)c1. The Balaban J connectivity index is 1.70. The summed E-state index contributed by atoms with van der Waals surface area (Å²) in [5, 5.41) is 4.78. The number of thiophene rings is 1. The fourth-order valence-electron chi connectivity index (χ4n) is 3.89. The molecule has 27 heavy (non-hydrogen) atoms. The molecule has 5 rings (SSSR count). The van der Waals surface area contributed by atoms with Crippen LogP contribution in [0.5, 0.6) is 0 Å². The molecule has 134 valence electrons. The van der Waals surface area contributed by atoms with E-state index in [4.69, 9.17) is 9.97 Å². The topological polar surface area (TPSA) is 50.7 Å². The zero-order valence-electron chi connectivity index (χ0n) is 15.4. The van der Waals surface area contributed by atoms with Crippen molar-refractivity contribution in [2.45, 2.75) is 33.1 Å². The van der Waals surface area contributed by atoms with Crippen LogP contribution in [0.15, 0.2) is 42.7 Å². The van der Waals surface area contributed by atoms with Crippen LogP contribution in [0.2, 0.25) is 0 Å². The standard InChI is InChI=1S/C22H20N4S/c1-13-9-14(2)11-16(10-13)24-21-19-17-6-3-7-18(17)27-22(19)26-20(25-21)15-5-4-8-23-12-15/h4-5,8-12H,3,6-7H2,1-2H3,(H,24,25,26). The quantitative estimate of drug-likeness (QED) is 0.508. The highest BCUT2D eigenvalue weighted by atomic mass is 32.1. The first-order valence-electron chi connectivity index (χ1n) is 9.25. The van der Waals surface area contributed by atoms with Crippen LogP contribution in [0.1, 0.15) is 28.0 Å². The summed E-state index contributed by atoms with van der Waals surface area (Å²) in [5.74, 6) is 1.63. The van der Waals surface area contributed by atoms with Crippen LogP contribution in [-0.2, 0) is 12.8 Å². The number of hydrogen-bond acceptors (Lipinski definition) is 5. The molecule has 1 aliphatic carbocycles. The fourth-order valence-corrected chi connectivity index (χ4v) is 5.16. The normalized spacial score (nSPS) is 13.1. The van der Waals surface area contributed by atoms with E-state index >= 15 is 0 Å². The fraction of sp³-hybridized carbons (Fsp3) is 0.227. The van der Waals surface area contributed by atoms with E-state index in [1.807, 2.05) is 29.7 Å². The third-order valence-corrected chi connectivity index (χ3v) is 6.15. The van der Waals surface area contributed by atoms with Crippen molar-refractivity contribution in [3.63, 3.8) is 0 Å². The van der Waals surface area contributed by atoms with Gasteiger partial charge in [0.1, 0.15) is 10.6 Å². The lowest BCUT2D eigenvalue weighted by molar-refractivity contribution is 0.917. The van der Waals surface area contributed by atoms with Gasteiger partial charge < -0.3 is 5.32 Å². The maximum Gasteiger partial charge on any atom is 0.164 e. The molecule has 1 aliphatic rings. The molecule has 4 nitrogen and oxygen atoms in total. The van der Waals surface area contributed by atoms with Crippen LogP contribution in [0.4, 0.5) is 11.5 Å². The van der Waals surface area contributed by atoms with Crippen LogP contribution in [0, 0.1) is 13.8 Å². The molecule has 3 aromatic heterocycles. The molecular weight excluding hydrogens is 352 g/mol. The third-order valence-electron chi connectivity index (χ3n) is 4.97. The highest BCUT2D eigenvalue weighted by Crippen LogP contribution is 2.41. The monoisotopic (exact) mass is 372 g/mol. The maximum atomic E-state index is 4.92. The van der Waals surface area contributed by atoms with Crippen LogP contribution in [0.25, 0.3) is 21.6 Å². The predicted molar refractivity (Wildman–Crippen MR) is 112 cm³/mol. The van der Waals surface area contributed by atoms with E-state index in [1.54, 1.807) is 6.20 Å². The molecule has 1 aromatic carbocycles. The molecule has 0 fully saturated rings. The second kappa shape index (κ2) is 6.43. The van der Waals surface area contributed by atoms with Crippen molar-refractivity contribution in [1.29, 1.82) is 0 Å². The second-order valence-corrected chi connectivity index (χ2v) is 8.26. The molecule has 0 atom stereocenters. The van der Waals surface area contributed by atoms with Crippen LogP contribution < -0.4 is 5.32 Å². The number of fused-ring (bicyclic) bond motifs is 3. The van der Waals surface area contributed by atoms with E-state index in [-0.39, 0.29) is 0 Å². The van der Waals surface area contributed by atoms with Gasteiger partial charge in [0, 0.05) is 28.5 Å². The Morgan fingerprint density at radius 3 is 2.67 bits per heavy atom. The first-order chi connectivity index (χ1) is 13.2. The summed E-state index contributed by atoms with van der Waals surface area (Å²) in [6.07, 6.45) is 7.10. The minimum Gasteiger partial charge on any atom is -0.340 e. The van der Waals surface area contributed by atoms with E-state index < -0.39 is 0 Å². The Hall–Kier alpha value is -2.79. The van der Waals surface area contributed by atoms with Gasteiger partial charge in [0.05, 0.1) is 5.39 Å². The molecule has 3 heterocycles. The molecule has 4 aromatic rings. The maximum absolute atomic E-state index is 4.92. The van der Waals surface area contributed by atoms with Crippen molar-refractivity contribution >= 4 is 33.1 Å². The molecule has 0 unspecified atom stereocenters. The number of hydrogen-bond donors (Lipinski definition) is 1. The minimum atomic E-state index is 0.724. The number of nitrogens with one attached hydrogen (secondary N) is 1. The van der Waals surface area contributed by atoms with Gasteiger partial charge in [0.15, 0.2) is 5.82 Å². The summed E-state index contributed by atoms with van der Waals surface area (Å²) < 4.78 is 0. The molecule has 0 amide bonds. The average molecular weight is 372 g/mol. The molecule has 0 spiro atoms. The lowest BCUT2D eigenvalue weighted by Crippen LogP contribution is -2.00. The number of aromatic nitrogens is 3. The van der Waals surface area contributed by atoms with Gasteiger partial charge in [-0.2, -0.15) is 0 Å². The molecule has 0 bridgehead atoms. The number of pyridine rings is 1. The predicted octanol–water partition coefficient (Wildman–Crippen LogP) is 5.60. The zero-order chi connectivity index (χ0) is 18.4. The van der Waals surface area contributed by atoms with Crippen molar-refractivity contribution in [2.75, 3.05) is 5.32 Å². The third kappa shape index (κ3) is 2.98. The van der Waals surface area contributed by atoms with Gasteiger partial charge in [-0.15, -0.1) is 11.3 Å². The highest BCUT2D eigenvalue weighted by Gasteiger charge is 2.23. The first kappa shape index (κ1) is 16.4. The van der Waals surface area contributed by atoms with Gasteiger partial charge >= 0.3 is 0 Å². The van der Waals surface area contributed by atoms with Gasteiger partial charge in [-0.3, -0.25) is 4.98 Å². The second-order valence-electron chi connectivity index (χ2n) is 7.18. The van der Waals surface area contributed by atoms with E-state index in [0.29, 0.717) is 0 Å². The average Bonchev–Trinajstić information content (AvgIpc) is 3.22. The summed E-state index contributed by atoms with van der Waals surface area (Å²) in [4.78, 5) is 16.6. The molecule has 0 saturated heterocycles. The van der Waals surface area contributed by atoms with Gasteiger partial charge in [-0.1, -0.05) is 6.07 Å². The van der Waals surface area contributed by atoms with Crippen molar-refractivity contribution in [1.82, 2.24) is 15.0 Å². The molecule has 1 N–H and O–H groups in total. The molecule has 0 aliphatic heterocycles. The molecule has 0 radical (unpaired) electrons. The van der Waals surface area contributed by atoms with Gasteiger partial charge in [0.25, 0.3) is 0 Å². The summed E-state index contributed by atoms with van der Waals surface area (Å²) in [6, 6.07) is 10.4. The molecule has 5 heteroatoms. The number of rotatable bonds is 3. The van der Waals surface area contributed by atoms with Gasteiger partial charge in [0.2, 0.25) is 0 Å². The Morgan fingerprint density at radius 1 is 1.04 bits per heavy atom. The van der Waals surface area contributed by atoms with E-state index in [2.05, 4.69) is 42.3 Å². The Morgan fingerprint density at radius 2 is 1.89 bits per heavy atom. The van der Waals surface area contributed by atoms with Crippen molar-refractivity contribution in [2.24, 2.45) is 0 Å². The summed E-state index contributed by atoms with van der Waals surface area (Å²) in [5.41, 5.74) is 5.93. The Kier molecular flexibility index (Phi) is 3.90. The van der Waals surface area contributed by atoms with E-state index in [1.165, 1.54) is 33.4 Å². The number of anilines is 2. The molecular formula is C22H20N4S. The summed E-state index contributed by atoms with van der Waals surface area (Å²) in [6.45, 7) is 4.24. The van der Waals surface area contributed by atoms with E-state index in [0.717, 1.165) is 40.6 Å². The van der Waals surface area contributed by atoms with Crippen LogP contribution >= 0.6 is 11.3 Å². The smallest absolute Gasteiger partial charge is 0.164 e. The van der Waals surface area contributed by atoms with Crippen molar-refractivity contribution in [3.8, 4) is 11.4 Å². The minimum absolute atomic E-state index is 0.724. The van der Waals surface area contributed by atoms with Gasteiger partial charge in [-0.25, -0.2) is 9.97 Å². The van der Waals surface area contributed by atoms with E-state index in [9.17, 15) is 0 Å². The largest absolute Gasteiger partial charge is 0.340 e. The number of aryl methyl sites for hydroxylation is 4. The lowest BCUT2D eigenvalue weighted by Gasteiger charge is -2.11. The number of nitrogens with zero attached hydrogens (tertiary/aromatic N) is 3. The molecule has 0 saturated carbocycles. The Labute approximate surface area is 162 Å². The lowest BCUT2D eigenvalue weighted by atomic mass is 10.1. The number of benzene rings is 1. The van der Waals surface area contributed by atoms with Crippen LogP contribution in [0.3, 0.4) is 0 Å². The first-order valence-corrected chi connectivity index (χ1v) is 10.1. The Bertz CT molecular complexity index is 1130. The highest BCUT2D eigenvalue weighted by molar-refractivity contribution is 7.19. The summed E-state index contributed by atoms with van der Waals surface area (Å²) in [7, 11) is 0. The summed E-state index contributed by atoms with van der Waals surface area (Å²) >= 11 is 1.81. The van der Waals surface area contributed by atoms with Crippen molar-refractivity contribution < 1.29 is 0 Å². The van der Waals surface area contributed by atoms with Gasteiger partial charge in [-0.05, 0) is 74.1 Å². The van der Waals surface area contributed by atoms with Crippen molar-refractivity contribution in [3.05, 3.63) is 64.3 Å². The van der Waals surface area contributed by atoms with Crippen LogP contribution in [-0.4, -0.2) is 15.0 Å². The zero-order valence-corrected chi connectivity index (χ0v) is 16.2.